The zero-order valence-corrected chi connectivity index (χ0v) is 15.3. The first kappa shape index (κ1) is 17.4. The van der Waals surface area contributed by atoms with Crippen molar-refractivity contribution in [1.29, 1.82) is 0 Å². The molecule has 1 amide bonds. The average molecular weight is 365 g/mol. The van der Waals surface area contributed by atoms with Gasteiger partial charge in [0.25, 0.3) is 0 Å². The molecule has 1 unspecified atom stereocenters. The Morgan fingerprint density at radius 3 is 2.74 bits per heavy atom. The van der Waals surface area contributed by atoms with Gasteiger partial charge >= 0.3 is 0 Å². The van der Waals surface area contributed by atoms with Crippen molar-refractivity contribution in [3.63, 3.8) is 0 Å². The molecule has 0 radical (unpaired) electrons. The van der Waals surface area contributed by atoms with E-state index in [2.05, 4.69) is 10.1 Å². The van der Waals surface area contributed by atoms with Gasteiger partial charge in [-0.1, -0.05) is 35.0 Å². The summed E-state index contributed by atoms with van der Waals surface area (Å²) in [7, 11) is 0. The summed E-state index contributed by atoms with van der Waals surface area (Å²) in [5.74, 6) is 0.722. The van der Waals surface area contributed by atoms with Crippen molar-refractivity contribution in [3.8, 4) is 11.4 Å². The monoisotopic (exact) mass is 365 g/mol. The van der Waals surface area contributed by atoms with Crippen LogP contribution in [-0.2, 0) is 11.3 Å². The van der Waals surface area contributed by atoms with Crippen LogP contribution in [-0.4, -0.2) is 20.9 Å². The summed E-state index contributed by atoms with van der Waals surface area (Å²) >= 11 is 0. The molecule has 5 nitrogen and oxygen atoms in total. The summed E-state index contributed by atoms with van der Waals surface area (Å²) in [5.41, 5.74) is 3.99. The molecule has 138 valence electrons. The minimum Gasteiger partial charge on any atom is -0.337 e. The lowest BCUT2D eigenvalue weighted by Crippen LogP contribution is -2.27. The van der Waals surface area contributed by atoms with Crippen molar-refractivity contribution in [1.82, 2.24) is 15.0 Å². The maximum atomic E-state index is 13.1. The highest BCUT2D eigenvalue weighted by Gasteiger charge is 2.36. The second-order valence-corrected chi connectivity index (χ2v) is 6.98. The standard InChI is InChI=1S/C21H20FN3O2/c1-13-3-4-14(2)17(11-13)20-23-21(27-24-20)18-9-10-19(26)25(18)12-15-5-7-16(22)8-6-15/h3-8,11,18H,9-10,12H2,1-2H3. The molecule has 2 aromatic carbocycles. The van der Waals surface area contributed by atoms with Crippen LogP contribution >= 0.6 is 0 Å². The molecular formula is C21H20FN3O2. The number of aromatic nitrogens is 2. The van der Waals surface area contributed by atoms with E-state index in [9.17, 15) is 9.18 Å². The molecule has 1 saturated heterocycles. The Bertz CT molecular complexity index is 981. The smallest absolute Gasteiger partial charge is 0.249 e. The predicted octanol–water partition coefficient (Wildman–Crippen LogP) is 4.36. The lowest BCUT2D eigenvalue weighted by molar-refractivity contribution is -0.129. The quantitative estimate of drug-likeness (QED) is 0.689. The van der Waals surface area contributed by atoms with Crippen LogP contribution in [0.1, 0.15) is 41.5 Å². The Morgan fingerprint density at radius 2 is 1.96 bits per heavy atom. The van der Waals surface area contributed by atoms with Gasteiger partial charge in [0.2, 0.25) is 17.6 Å². The van der Waals surface area contributed by atoms with E-state index in [4.69, 9.17) is 4.52 Å². The van der Waals surface area contributed by atoms with Crippen molar-refractivity contribution in [2.24, 2.45) is 0 Å². The summed E-state index contributed by atoms with van der Waals surface area (Å²) in [4.78, 5) is 18.7. The Kier molecular flexibility index (Phi) is 4.48. The zero-order chi connectivity index (χ0) is 19.0. The van der Waals surface area contributed by atoms with E-state index >= 15 is 0 Å². The van der Waals surface area contributed by atoms with Crippen LogP contribution in [0.4, 0.5) is 4.39 Å². The molecule has 27 heavy (non-hydrogen) atoms. The summed E-state index contributed by atoms with van der Waals surface area (Å²) in [6.07, 6.45) is 1.07. The first-order valence-corrected chi connectivity index (χ1v) is 8.96. The van der Waals surface area contributed by atoms with E-state index in [1.54, 1.807) is 17.0 Å². The minimum atomic E-state index is -0.293. The van der Waals surface area contributed by atoms with Crippen molar-refractivity contribution in [2.45, 2.75) is 39.3 Å². The number of hydrogen-bond acceptors (Lipinski definition) is 4. The number of rotatable bonds is 4. The van der Waals surface area contributed by atoms with E-state index in [1.165, 1.54) is 12.1 Å². The van der Waals surface area contributed by atoms with Crippen molar-refractivity contribution >= 4 is 5.91 Å². The van der Waals surface area contributed by atoms with Crippen LogP contribution in [0.25, 0.3) is 11.4 Å². The summed E-state index contributed by atoms with van der Waals surface area (Å²) in [6.45, 7) is 4.42. The molecule has 4 rings (SSSR count). The fourth-order valence-corrected chi connectivity index (χ4v) is 3.43. The molecule has 1 aromatic heterocycles. The van der Waals surface area contributed by atoms with Crippen LogP contribution in [0.3, 0.4) is 0 Å². The topological polar surface area (TPSA) is 59.2 Å². The Labute approximate surface area is 156 Å². The third-order valence-electron chi connectivity index (χ3n) is 4.96. The molecule has 2 heterocycles. The molecule has 1 aliphatic rings. The van der Waals surface area contributed by atoms with E-state index in [0.717, 1.165) is 22.3 Å². The van der Waals surface area contributed by atoms with Gasteiger partial charge in [0.05, 0.1) is 0 Å². The third kappa shape index (κ3) is 3.47. The number of halogens is 1. The fraction of sp³-hybridized carbons (Fsp3) is 0.286. The van der Waals surface area contributed by atoms with E-state index in [1.807, 2.05) is 32.0 Å². The molecular weight excluding hydrogens is 345 g/mol. The Balaban J connectivity index is 1.60. The number of nitrogens with zero attached hydrogens (tertiary/aromatic N) is 3. The van der Waals surface area contributed by atoms with Gasteiger partial charge in [-0.15, -0.1) is 0 Å². The Morgan fingerprint density at radius 1 is 1.19 bits per heavy atom. The van der Waals surface area contributed by atoms with Crippen molar-refractivity contribution in [2.75, 3.05) is 0 Å². The fourth-order valence-electron chi connectivity index (χ4n) is 3.43. The van der Waals surface area contributed by atoms with Gasteiger partial charge in [-0.2, -0.15) is 4.98 Å². The van der Waals surface area contributed by atoms with Gasteiger partial charge in [0, 0.05) is 18.5 Å². The lowest BCUT2D eigenvalue weighted by atomic mass is 10.1. The number of carbonyl (C=O) groups is 1. The van der Waals surface area contributed by atoms with Crippen LogP contribution < -0.4 is 0 Å². The van der Waals surface area contributed by atoms with Gasteiger partial charge in [-0.05, 0) is 49.6 Å². The molecule has 0 bridgehead atoms. The zero-order valence-electron chi connectivity index (χ0n) is 15.3. The van der Waals surface area contributed by atoms with Crippen LogP contribution in [0.2, 0.25) is 0 Å². The first-order valence-electron chi connectivity index (χ1n) is 8.96. The highest BCUT2D eigenvalue weighted by Crippen LogP contribution is 2.34. The normalized spacial score (nSPS) is 16.9. The van der Waals surface area contributed by atoms with Gasteiger partial charge in [-0.25, -0.2) is 4.39 Å². The maximum absolute atomic E-state index is 13.1. The van der Waals surface area contributed by atoms with E-state index < -0.39 is 0 Å². The minimum absolute atomic E-state index is 0.0378. The molecule has 0 saturated carbocycles. The molecule has 0 aliphatic carbocycles. The summed E-state index contributed by atoms with van der Waals surface area (Å²) < 4.78 is 18.6. The van der Waals surface area contributed by atoms with Gasteiger partial charge in [0.15, 0.2) is 0 Å². The molecule has 0 spiro atoms. The van der Waals surface area contributed by atoms with Gasteiger partial charge in [0.1, 0.15) is 11.9 Å². The van der Waals surface area contributed by atoms with E-state index in [-0.39, 0.29) is 17.8 Å². The highest BCUT2D eigenvalue weighted by atomic mass is 19.1. The van der Waals surface area contributed by atoms with E-state index in [0.29, 0.717) is 31.1 Å². The second kappa shape index (κ2) is 6.95. The number of likely N-dealkylation sites (tertiary alicyclic amines) is 1. The van der Waals surface area contributed by atoms with Crippen molar-refractivity contribution in [3.05, 3.63) is 70.9 Å². The number of amides is 1. The largest absolute Gasteiger partial charge is 0.337 e. The highest BCUT2D eigenvalue weighted by molar-refractivity contribution is 5.78. The molecule has 1 atom stereocenters. The first-order chi connectivity index (χ1) is 13.0. The third-order valence-corrected chi connectivity index (χ3v) is 4.96. The van der Waals surface area contributed by atoms with Crippen molar-refractivity contribution < 1.29 is 13.7 Å². The SMILES string of the molecule is Cc1ccc(C)c(-c2noc(C3CCC(=O)N3Cc3ccc(F)cc3)n2)c1. The molecule has 1 fully saturated rings. The lowest BCUT2D eigenvalue weighted by Gasteiger charge is -2.22. The molecule has 0 N–H and O–H groups in total. The summed E-state index contributed by atoms with van der Waals surface area (Å²) in [5, 5.41) is 4.14. The molecule has 3 aromatic rings. The average Bonchev–Trinajstić information content (AvgIpc) is 3.26. The summed E-state index contributed by atoms with van der Waals surface area (Å²) in [6, 6.07) is 12.0. The second-order valence-electron chi connectivity index (χ2n) is 6.98. The van der Waals surface area contributed by atoms with Crippen LogP contribution in [0.5, 0.6) is 0 Å². The van der Waals surface area contributed by atoms with Crippen LogP contribution in [0.15, 0.2) is 47.0 Å². The number of benzene rings is 2. The predicted molar refractivity (Wildman–Crippen MR) is 98.1 cm³/mol. The number of hydrogen-bond donors (Lipinski definition) is 0. The molecule has 6 heteroatoms. The molecule has 1 aliphatic heterocycles. The van der Waals surface area contributed by atoms with Gasteiger partial charge in [-0.3, -0.25) is 4.79 Å². The maximum Gasteiger partial charge on any atom is 0.249 e. The number of carbonyl (C=O) groups excluding carboxylic acids is 1. The van der Waals surface area contributed by atoms with Gasteiger partial charge < -0.3 is 9.42 Å². The number of aryl methyl sites for hydroxylation is 2. The van der Waals surface area contributed by atoms with Crippen LogP contribution in [0, 0.1) is 19.7 Å². The Hall–Kier alpha value is -3.02.